The van der Waals surface area contributed by atoms with Crippen LogP contribution in [-0.2, 0) is 0 Å². The van der Waals surface area contributed by atoms with Crippen LogP contribution < -0.4 is 5.32 Å². The summed E-state index contributed by atoms with van der Waals surface area (Å²) in [5, 5.41) is 6.51. The number of Topliss-reactive ketones (excluding diaryl/α,β-unsaturated/α-hetero) is 1. The third-order valence-electron chi connectivity index (χ3n) is 3.35. The number of hydrogen-bond acceptors (Lipinski definition) is 4. The Hall–Kier alpha value is -3.21. The molecule has 1 aromatic heterocycles. The first-order chi connectivity index (χ1) is 11.1. The van der Waals surface area contributed by atoms with Crippen molar-refractivity contribution in [1.29, 1.82) is 0 Å². The van der Waals surface area contributed by atoms with Crippen LogP contribution in [0.2, 0.25) is 0 Å². The minimum Gasteiger partial charge on any atom is -0.355 e. The molecule has 0 saturated carbocycles. The van der Waals surface area contributed by atoms with Crippen LogP contribution in [0.4, 0.5) is 5.69 Å². The highest BCUT2D eigenvalue weighted by molar-refractivity contribution is 6.03. The minimum atomic E-state index is -0.369. The molecule has 0 unspecified atom stereocenters. The summed E-state index contributed by atoms with van der Waals surface area (Å²) in [6, 6.07) is 17.7. The Morgan fingerprint density at radius 1 is 1.00 bits per heavy atom. The molecule has 5 heteroatoms. The molecule has 0 fully saturated rings. The summed E-state index contributed by atoms with van der Waals surface area (Å²) in [4.78, 5) is 23.4. The van der Waals surface area contributed by atoms with Gasteiger partial charge in [-0.1, -0.05) is 35.5 Å². The highest BCUT2D eigenvalue weighted by Crippen LogP contribution is 2.20. The number of carbonyl (C=O) groups is 2. The van der Waals surface area contributed by atoms with Crippen molar-refractivity contribution >= 4 is 17.4 Å². The average Bonchev–Trinajstić information content (AvgIpc) is 3.06. The van der Waals surface area contributed by atoms with Crippen molar-refractivity contribution in [1.82, 2.24) is 5.16 Å². The van der Waals surface area contributed by atoms with Gasteiger partial charge in [0.2, 0.25) is 0 Å². The molecule has 1 N–H and O–H groups in total. The van der Waals surface area contributed by atoms with Crippen LogP contribution in [0.1, 0.15) is 27.8 Å². The summed E-state index contributed by atoms with van der Waals surface area (Å²) >= 11 is 0. The highest BCUT2D eigenvalue weighted by atomic mass is 16.5. The van der Waals surface area contributed by atoms with E-state index in [-0.39, 0.29) is 17.4 Å². The number of rotatable bonds is 4. The Morgan fingerprint density at radius 2 is 1.70 bits per heavy atom. The SMILES string of the molecule is CC(=O)c1ccc(NC(=O)c2cc(-c3ccccc3)on2)cc1. The van der Waals surface area contributed by atoms with Crippen LogP contribution in [0, 0.1) is 0 Å². The van der Waals surface area contributed by atoms with E-state index in [0.29, 0.717) is 17.0 Å². The third kappa shape index (κ3) is 3.35. The number of anilines is 1. The van der Waals surface area contributed by atoms with E-state index in [1.807, 2.05) is 30.3 Å². The van der Waals surface area contributed by atoms with Crippen molar-refractivity contribution in [3.05, 3.63) is 71.9 Å². The number of ketones is 1. The average molecular weight is 306 g/mol. The molecule has 0 saturated heterocycles. The number of benzene rings is 2. The van der Waals surface area contributed by atoms with Gasteiger partial charge in [-0.25, -0.2) is 0 Å². The van der Waals surface area contributed by atoms with Gasteiger partial charge in [0.25, 0.3) is 5.91 Å². The van der Waals surface area contributed by atoms with Crippen molar-refractivity contribution < 1.29 is 14.1 Å². The summed E-state index contributed by atoms with van der Waals surface area (Å²) in [5.74, 6) is 0.140. The van der Waals surface area contributed by atoms with Crippen LogP contribution in [0.5, 0.6) is 0 Å². The normalized spacial score (nSPS) is 10.3. The molecule has 0 aliphatic carbocycles. The minimum absolute atomic E-state index is 0.0214. The van der Waals surface area contributed by atoms with E-state index in [4.69, 9.17) is 4.52 Å². The van der Waals surface area contributed by atoms with E-state index in [9.17, 15) is 9.59 Å². The predicted octanol–water partition coefficient (Wildman–Crippen LogP) is 3.80. The molecule has 114 valence electrons. The van der Waals surface area contributed by atoms with Gasteiger partial charge in [-0.2, -0.15) is 0 Å². The summed E-state index contributed by atoms with van der Waals surface area (Å²) in [5.41, 5.74) is 2.23. The fraction of sp³-hybridized carbons (Fsp3) is 0.0556. The van der Waals surface area contributed by atoms with Crippen LogP contribution in [0.25, 0.3) is 11.3 Å². The van der Waals surface area contributed by atoms with E-state index in [0.717, 1.165) is 5.56 Å². The van der Waals surface area contributed by atoms with Gasteiger partial charge in [0, 0.05) is 22.9 Å². The predicted molar refractivity (Wildman–Crippen MR) is 86.3 cm³/mol. The molecule has 0 bridgehead atoms. The zero-order valence-electron chi connectivity index (χ0n) is 12.4. The topological polar surface area (TPSA) is 72.2 Å². The summed E-state index contributed by atoms with van der Waals surface area (Å²) < 4.78 is 5.20. The smallest absolute Gasteiger partial charge is 0.277 e. The lowest BCUT2D eigenvalue weighted by molar-refractivity contribution is 0.101. The maximum Gasteiger partial charge on any atom is 0.277 e. The molecule has 5 nitrogen and oxygen atoms in total. The molecule has 1 heterocycles. The molecule has 3 aromatic rings. The second-order valence-corrected chi connectivity index (χ2v) is 5.03. The van der Waals surface area contributed by atoms with E-state index < -0.39 is 0 Å². The van der Waals surface area contributed by atoms with Gasteiger partial charge in [0.15, 0.2) is 17.2 Å². The van der Waals surface area contributed by atoms with Gasteiger partial charge in [0.1, 0.15) is 0 Å². The molecule has 3 rings (SSSR count). The molecular formula is C18H14N2O3. The molecule has 0 spiro atoms. The maximum absolute atomic E-state index is 12.2. The Morgan fingerprint density at radius 3 is 2.35 bits per heavy atom. The number of aromatic nitrogens is 1. The molecule has 1 amide bonds. The molecule has 2 aromatic carbocycles. The second-order valence-electron chi connectivity index (χ2n) is 5.03. The van der Waals surface area contributed by atoms with Crippen LogP contribution >= 0.6 is 0 Å². The fourth-order valence-corrected chi connectivity index (χ4v) is 2.10. The molecular weight excluding hydrogens is 292 g/mol. The van der Waals surface area contributed by atoms with Gasteiger partial charge >= 0.3 is 0 Å². The lowest BCUT2D eigenvalue weighted by Crippen LogP contribution is -2.12. The fourth-order valence-electron chi connectivity index (χ4n) is 2.10. The first-order valence-corrected chi connectivity index (χ1v) is 7.08. The number of carbonyl (C=O) groups excluding carboxylic acids is 2. The monoisotopic (exact) mass is 306 g/mol. The van der Waals surface area contributed by atoms with Crippen molar-refractivity contribution in [2.75, 3.05) is 5.32 Å². The number of amides is 1. The number of hydrogen-bond donors (Lipinski definition) is 1. The molecule has 0 radical (unpaired) electrons. The van der Waals surface area contributed by atoms with Gasteiger partial charge < -0.3 is 9.84 Å². The first kappa shape index (κ1) is 14.7. The van der Waals surface area contributed by atoms with Gasteiger partial charge in [-0.3, -0.25) is 9.59 Å². The van der Waals surface area contributed by atoms with Gasteiger partial charge in [0.05, 0.1) is 0 Å². The molecule has 0 atom stereocenters. The Bertz CT molecular complexity index is 836. The zero-order chi connectivity index (χ0) is 16.2. The van der Waals surface area contributed by atoms with Crippen molar-refractivity contribution in [2.24, 2.45) is 0 Å². The lowest BCUT2D eigenvalue weighted by atomic mass is 10.1. The van der Waals surface area contributed by atoms with Crippen molar-refractivity contribution in [3.63, 3.8) is 0 Å². The van der Waals surface area contributed by atoms with Crippen LogP contribution in [-0.4, -0.2) is 16.8 Å². The van der Waals surface area contributed by atoms with Crippen LogP contribution in [0.15, 0.2) is 65.2 Å². The summed E-state index contributed by atoms with van der Waals surface area (Å²) in [6.07, 6.45) is 0. The first-order valence-electron chi connectivity index (χ1n) is 7.08. The maximum atomic E-state index is 12.2. The van der Waals surface area contributed by atoms with Crippen molar-refractivity contribution in [2.45, 2.75) is 6.92 Å². The largest absolute Gasteiger partial charge is 0.355 e. The quantitative estimate of drug-likeness (QED) is 0.744. The molecule has 0 aliphatic rings. The number of nitrogens with one attached hydrogen (secondary N) is 1. The van der Waals surface area contributed by atoms with Gasteiger partial charge in [-0.05, 0) is 31.2 Å². The summed E-state index contributed by atoms with van der Waals surface area (Å²) in [7, 11) is 0. The Labute approximate surface area is 132 Å². The highest BCUT2D eigenvalue weighted by Gasteiger charge is 2.14. The molecule has 0 aliphatic heterocycles. The Balaban J connectivity index is 1.74. The lowest BCUT2D eigenvalue weighted by Gasteiger charge is -2.03. The Kier molecular flexibility index (Phi) is 4.01. The zero-order valence-corrected chi connectivity index (χ0v) is 12.4. The second kappa shape index (κ2) is 6.27. The summed E-state index contributed by atoms with van der Waals surface area (Å²) in [6.45, 7) is 1.49. The van der Waals surface area contributed by atoms with E-state index >= 15 is 0 Å². The van der Waals surface area contributed by atoms with Crippen LogP contribution in [0.3, 0.4) is 0 Å². The van der Waals surface area contributed by atoms with Crippen molar-refractivity contribution in [3.8, 4) is 11.3 Å². The van der Waals surface area contributed by atoms with Gasteiger partial charge in [-0.15, -0.1) is 0 Å². The third-order valence-corrected chi connectivity index (χ3v) is 3.35. The van der Waals surface area contributed by atoms with E-state index in [1.165, 1.54) is 6.92 Å². The van der Waals surface area contributed by atoms with E-state index in [1.54, 1.807) is 30.3 Å². The standard InChI is InChI=1S/C18H14N2O3/c1-12(21)13-7-9-15(10-8-13)19-18(22)16-11-17(23-20-16)14-5-3-2-4-6-14/h2-11H,1H3,(H,19,22). The van der Waals surface area contributed by atoms with E-state index in [2.05, 4.69) is 10.5 Å². The molecule has 23 heavy (non-hydrogen) atoms. The number of nitrogens with zero attached hydrogens (tertiary/aromatic N) is 1.